The van der Waals surface area contributed by atoms with Crippen molar-refractivity contribution in [3.8, 4) is 0 Å². The SMILES string of the molecule is CCNC(=NCc1ccc(CN2CCCCC2)cc1)NCc1csc(CC)n1. The van der Waals surface area contributed by atoms with Crippen molar-refractivity contribution in [1.29, 1.82) is 0 Å². The predicted molar refractivity (Wildman–Crippen MR) is 119 cm³/mol. The van der Waals surface area contributed by atoms with Gasteiger partial charge in [0.1, 0.15) is 0 Å². The minimum Gasteiger partial charge on any atom is -0.357 e. The summed E-state index contributed by atoms with van der Waals surface area (Å²) in [5, 5.41) is 10.0. The molecule has 152 valence electrons. The van der Waals surface area contributed by atoms with E-state index in [1.165, 1.54) is 48.5 Å². The molecule has 1 aliphatic rings. The number of piperidine rings is 1. The van der Waals surface area contributed by atoms with E-state index in [1.54, 1.807) is 11.3 Å². The number of aromatic nitrogens is 1. The van der Waals surface area contributed by atoms with E-state index >= 15 is 0 Å². The molecule has 0 aliphatic carbocycles. The average molecular weight is 400 g/mol. The van der Waals surface area contributed by atoms with Crippen LogP contribution < -0.4 is 10.6 Å². The molecule has 3 rings (SSSR count). The molecule has 2 aromatic rings. The maximum atomic E-state index is 4.73. The van der Waals surface area contributed by atoms with Gasteiger partial charge in [-0.25, -0.2) is 9.98 Å². The van der Waals surface area contributed by atoms with Crippen molar-refractivity contribution in [3.05, 3.63) is 51.5 Å². The van der Waals surface area contributed by atoms with Crippen molar-refractivity contribution in [3.63, 3.8) is 0 Å². The second-order valence-corrected chi connectivity index (χ2v) is 8.23. The van der Waals surface area contributed by atoms with Crippen molar-refractivity contribution in [2.45, 2.75) is 59.2 Å². The third-order valence-corrected chi connectivity index (χ3v) is 6.02. The third kappa shape index (κ3) is 6.60. The van der Waals surface area contributed by atoms with E-state index in [1.807, 2.05) is 0 Å². The lowest BCUT2D eigenvalue weighted by Crippen LogP contribution is -2.36. The van der Waals surface area contributed by atoms with Crippen LogP contribution in [0.4, 0.5) is 0 Å². The summed E-state index contributed by atoms with van der Waals surface area (Å²) in [6.07, 6.45) is 5.06. The molecule has 1 aromatic heterocycles. The van der Waals surface area contributed by atoms with E-state index in [0.29, 0.717) is 13.1 Å². The molecule has 0 unspecified atom stereocenters. The fraction of sp³-hybridized carbons (Fsp3) is 0.545. The Morgan fingerprint density at radius 1 is 1.07 bits per heavy atom. The molecule has 1 aromatic carbocycles. The highest BCUT2D eigenvalue weighted by Crippen LogP contribution is 2.14. The highest BCUT2D eigenvalue weighted by Gasteiger charge is 2.10. The molecule has 0 spiro atoms. The summed E-state index contributed by atoms with van der Waals surface area (Å²) < 4.78 is 0. The van der Waals surface area contributed by atoms with Gasteiger partial charge in [0.25, 0.3) is 0 Å². The summed E-state index contributed by atoms with van der Waals surface area (Å²) >= 11 is 1.72. The van der Waals surface area contributed by atoms with Gasteiger partial charge in [-0.1, -0.05) is 37.6 Å². The van der Waals surface area contributed by atoms with Crippen LogP contribution in [0.1, 0.15) is 54.9 Å². The largest absolute Gasteiger partial charge is 0.357 e. The number of likely N-dealkylation sites (tertiary alicyclic amines) is 1. The number of nitrogens with one attached hydrogen (secondary N) is 2. The zero-order chi connectivity index (χ0) is 19.6. The number of benzene rings is 1. The van der Waals surface area contributed by atoms with Crippen LogP contribution in [0.15, 0.2) is 34.6 Å². The number of hydrogen-bond acceptors (Lipinski definition) is 4. The number of hydrogen-bond donors (Lipinski definition) is 2. The van der Waals surface area contributed by atoms with Crippen LogP contribution in [-0.4, -0.2) is 35.5 Å². The van der Waals surface area contributed by atoms with Gasteiger partial charge in [0, 0.05) is 18.5 Å². The number of rotatable bonds is 8. The lowest BCUT2D eigenvalue weighted by molar-refractivity contribution is 0.221. The predicted octanol–water partition coefficient (Wildman–Crippen LogP) is 3.95. The Labute approximate surface area is 173 Å². The van der Waals surface area contributed by atoms with Crippen LogP contribution in [0.5, 0.6) is 0 Å². The number of thiazole rings is 1. The Morgan fingerprint density at radius 3 is 2.50 bits per heavy atom. The first-order chi connectivity index (χ1) is 13.8. The van der Waals surface area contributed by atoms with Gasteiger partial charge in [0.2, 0.25) is 0 Å². The highest BCUT2D eigenvalue weighted by molar-refractivity contribution is 7.09. The Morgan fingerprint density at radius 2 is 1.82 bits per heavy atom. The number of guanidine groups is 1. The summed E-state index contributed by atoms with van der Waals surface area (Å²) in [4.78, 5) is 11.9. The standard InChI is InChI=1S/C22H33N5S/c1-3-21-26-20(17-28-21)15-25-22(23-4-2)24-14-18-8-10-19(11-9-18)16-27-12-6-5-7-13-27/h8-11,17H,3-7,12-16H2,1-2H3,(H2,23,24,25). The molecule has 1 aliphatic heterocycles. The van der Waals surface area contributed by atoms with E-state index in [0.717, 1.165) is 31.2 Å². The first kappa shape index (κ1) is 20.8. The van der Waals surface area contributed by atoms with Crippen molar-refractivity contribution >= 4 is 17.3 Å². The molecule has 5 nitrogen and oxygen atoms in total. The summed E-state index contributed by atoms with van der Waals surface area (Å²) in [5.74, 6) is 0.839. The maximum Gasteiger partial charge on any atom is 0.191 e. The first-order valence-corrected chi connectivity index (χ1v) is 11.4. The summed E-state index contributed by atoms with van der Waals surface area (Å²) in [7, 11) is 0. The van der Waals surface area contributed by atoms with Crippen LogP contribution in [0.25, 0.3) is 0 Å². The van der Waals surface area contributed by atoms with Crippen LogP contribution in [-0.2, 0) is 26.1 Å². The highest BCUT2D eigenvalue weighted by atomic mass is 32.1. The minimum atomic E-state index is 0.677. The van der Waals surface area contributed by atoms with Crippen molar-refractivity contribution < 1.29 is 0 Å². The molecule has 2 heterocycles. The smallest absolute Gasteiger partial charge is 0.191 e. The second-order valence-electron chi connectivity index (χ2n) is 7.29. The summed E-state index contributed by atoms with van der Waals surface area (Å²) in [6.45, 7) is 10.0. The Balaban J connectivity index is 1.51. The topological polar surface area (TPSA) is 52.6 Å². The van der Waals surface area contributed by atoms with E-state index in [2.05, 4.69) is 64.0 Å². The third-order valence-electron chi connectivity index (χ3n) is 4.98. The normalized spacial score (nSPS) is 15.6. The van der Waals surface area contributed by atoms with Gasteiger partial charge in [0.15, 0.2) is 5.96 Å². The number of aliphatic imine (C=N–C) groups is 1. The van der Waals surface area contributed by atoms with Gasteiger partial charge in [-0.2, -0.15) is 0 Å². The fourth-order valence-corrected chi connectivity index (χ4v) is 4.15. The Kier molecular flexibility index (Phi) is 8.30. The Hall–Kier alpha value is -1.92. The summed E-state index contributed by atoms with van der Waals surface area (Å²) in [6, 6.07) is 8.92. The molecule has 28 heavy (non-hydrogen) atoms. The van der Waals surface area contributed by atoms with Gasteiger partial charge >= 0.3 is 0 Å². The van der Waals surface area contributed by atoms with Gasteiger partial charge < -0.3 is 10.6 Å². The van der Waals surface area contributed by atoms with Crippen molar-refractivity contribution in [2.75, 3.05) is 19.6 Å². The van der Waals surface area contributed by atoms with Gasteiger partial charge in [-0.05, 0) is 50.4 Å². The number of nitrogens with zero attached hydrogens (tertiary/aromatic N) is 3. The molecule has 0 radical (unpaired) electrons. The van der Waals surface area contributed by atoms with Crippen LogP contribution >= 0.6 is 11.3 Å². The molecule has 1 saturated heterocycles. The monoisotopic (exact) mass is 399 g/mol. The van der Waals surface area contributed by atoms with E-state index < -0.39 is 0 Å². The van der Waals surface area contributed by atoms with E-state index in [-0.39, 0.29) is 0 Å². The summed E-state index contributed by atoms with van der Waals surface area (Å²) in [5.41, 5.74) is 3.71. The minimum absolute atomic E-state index is 0.677. The van der Waals surface area contributed by atoms with Crippen molar-refractivity contribution in [2.24, 2.45) is 4.99 Å². The quantitative estimate of drug-likeness (QED) is 0.521. The molecule has 0 amide bonds. The molecular formula is C22H33N5S. The van der Waals surface area contributed by atoms with E-state index in [9.17, 15) is 0 Å². The molecule has 6 heteroatoms. The zero-order valence-electron chi connectivity index (χ0n) is 17.2. The molecule has 0 atom stereocenters. The molecule has 0 bridgehead atoms. The fourth-order valence-electron chi connectivity index (χ4n) is 3.40. The van der Waals surface area contributed by atoms with Gasteiger partial charge in [-0.15, -0.1) is 11.3 Å². The zero-order valence-corrected chi connectivity index (χ0v) is 18.0. The number of aryl methyl sites for hydroxylation is 1. The first-order valence-electron chi connectivity index (χ1n) is 10.5. The molecule has 2 N–H and O–H groups in total. The van der Waals surface area contributed by atoms with Gasteiger partial charge in [0.05, 0.1) is 23.8 Å². The molecule has 1 fully saturated rings. The van der Waals surface area contributed by atoms with Crippen LogP contribution in [0.2, 0.25) is 0 Å². The Bertz CT molecular complexity index is 732. The van der Waals surface area contributed by atoms with Crippen molar-refractivity contribution in [1.82, 2.24) is 20.5 Å². The molecular weight excluding hydrogens is 366 g/mol. The lowest BCUT2D eigenvalue weighted by atomic mass is 10.1. The average Bonchev–Trinajstić information content (AvgIpc) is 3.20. The lowest BCUT2D eigenvalue weighted by Gasteiger charge is -2.26. The van der Waals surface area contributed by atoms with E-state index in [4.69, 9.17) is 4.99 Å². The van der Waals surface area contributed by atoms with Crippen LogP contribution in [0, 0.1) is 0 Å². The second kappa shape index (κ2) is 11.2. The maximum absolute atomic E-state index is 4.73. The van der Waals surface area contributed by atoms with Crippen LogP contribution in [0.3, 0.4) is 0 Å². The molecule has 0 saturated carbocycles. The van der Waals surface area contributed by atoms with Gasteiger partial charge in [-0.3, -0.25) is 4.90 Å².